The van der Waals surface area contributed by atoms with Gasteiger partial charge in [0, 0.05) is 24.7 Å². The summed E-state index contributed by atoms with van der Waals surface area (Å²) in [5.74, 6) is 0.214. The average Bonchev–Trinajstić information content (AvgIpc) is 3.10. The quantitative estimate of drug-likeness (QED) is 0.887. The lowest BCUT2D eigenvalue weighted by Gasteiger charge is -2.24. The van der Waals surface area contributed by atoms with Gasteiger partial charge in [-0.2, -0.15) is 0 Å². The molecule has 2 aromatic carbocycles. The van der Waals surface area contributed by atoms with Gasteiger partial charge >= 0.3 is 0 Å². The molecule has 1 aliphatic heterocycles. The molecule has 1 unspecified atom stereocenters. The normalized spacial score (nSPS) is 17.1. The van der Waals surface area contributed by atoms with Gasteiger partial charge in [0.25, 0.3) is 0 Å². The summed E-state index contributed by atoms with van der Waals surface area (Å²) in [6.45, 7) is 1.76. The molecule has 1 heterocycles. The molecule has 3 nitrogen and oxygen atoms in total. The highest BCUT2D eigenvalue weighted by Gasteiger charge is 2.22. The maximum absolute atomic E-state index is 12.8. The van der Waals surface area contributed by atoms with Crippen molar-refractivity contribution in [1.29, 1.82) is 0 Å². The minimum atomic E-state index is 0.214. The van der Waals surface area contributed by atoms with E-state index in [-0.39, 0.29) is 5.91 Å². The third-order valence-electron chi connectivity index (χ3n) is 4.42. The minimum Gasteiger partial charge on any atom is -0.313 e. The topological polar surface area (TPSA) is 32.3 Å². The lowest BCUT2D eigenvalue weighted by molar-refractivity contribution is -0.119. The van der Waals surface area contributed by atoms with Crippen LogP contribution in [-0.2, 0) is 11.2 Å². The van der Waals surface area contributed by atoms with Gasteiger partial charge in [-0.05, 0) is 43.5 Å². The molecule has 2 aromatic rings. The summed E-state index contributed by atoms with van der Waals surface area (Å²) in [7, 11) is 0. The zero-order chi connectivity index (χ0) is 15.9. The SMILES string of the molecule is O=C(CC1CCCN1)N(CCc1ccccc1)c1ccccc1. The van der Waals surface area contributed by atoms with Crippen molar-refractivity contribution >= 4 is 11.6 Å². The molecule has 1 atom stereocenters. The van der Waals surface area contributed by atoms with E-state index in [1.807, 2.05) is 53.4 Å². The Balaban J connectivity index is 1.69. The average molecular weight is 308 g/mol. The molecule has 0 saturated carbocycles. The number of hydrogen-bond donors (Lipinski definition) is 1. The van der Waals surface area contributed by atoms with Crippen LogP contribution in [0.25, 0.3) is 0 Å². The summed E-state index contributed by atoms with van der Waals surface area (Å²) in [5.41, 5.74) is 2.26. The number of amides is 1. The third kappa shape index (κ3) is 4.42. The summed E-state index contributed by atoms with van der Waals surface area (Å²) in [4.78, 5) is 14.7. The molecular weight excluding hydrogens is 284 g/mol. The Labute approximate surface area is 138 Å². The zero-order valence-corrected chi connectivity index (χ0v) is 13.4. The number of nitrogens with one attached hydrogen (secondary N) is 1. The van der Waals surface area contributed by atoms with E-state index in [2.05, 4.69) is 17.4 Å². The van der Waals surface area contributed by atoms with E-state index in [0.717, 1.165) is 31.6 Å². The van der Waals surface area contributed by atoms with E-state index in [1.165, 1.54) is 12.0 Å². The Kier molecular flexibility index (Phi) is 5.43. The maximum Gasteiger partial charge on any atom is 0.228 e. The van der Waals surface area contributed by atoms with Gasteiger partial charge in [0.05, 0.1) is 0 Å². The van der Waals surface area contributed by atoms with E-state index in [9.17, 15) is 4.79 Å². The molecular formula is C20H24N2O. The lowest BCUT2D eigenvalue weighted by atomic mass is 10.1. The van der Waals surface area contributed by atoms with Gasteiger partial charge in [-0.25, -0.2) is 0 Å². The van der Waals surface area contributed by atoms with Gasteiger partial charge < -0.3 is 10.2 Å². The van der Waals surface area contributed by atoms with Crippen LogP contribution in [0.15, 0.2) is 60.7 Å². The highest BCUT2D eigenvalue weighted by atomic mass is 16.2. The molecule has 0 aromatic heterocycles. The van der Waals surface area contributed by atoms with E-state index in [4.69, 9.17) is 0 Å². The summed E-state index contributed by atoms with van der Waals surface area (Å²) in [6.07, 6.45) is 3.74. The highest BCUT2D eigenvalue weighted by molar-refractivity contribution is 5.93. The Bertz CT molecular complexity index is 606. The number of carbonyl (C=O) groups excluding carboxylic acids is 1. The van der Waals surface area contributed by atoms with E-state index in [0.29, 0.717) is 12.5 Å². The third-order valence-corrected chi connectivity index (χ3v) is 4.42. The van der Waals surface area contributed by atoms with Crippen molar-refractivity contribution in [2.75, 3.05) is 18.0 Å². The molecule has 0 radical (unpaired) electrons. The van der Waals surface area contributed by atoms with Crippen LogP contribution in [-0.4, -0.2) is 25.0 Å². The minimum absolute atomic E-state index is 0.214. The number of rotatable bonds is 6. The first kappa shape index (κ1) is 15.8. The van der Waals surface area contributed by atoms with Crippen molar-refractivity contribution in [2.45, 2.75) is 31.7 Å². The summed E-state index contributed by atoms with van der Waals surface area (Å²) < 4.78 is 0. The van der Waals surface area contributed by atoms with Crippen molar-refractivity contribution < 1.29 is 4.79 Å². The van der Waals surface area contributed by atoms with E-state index >= 15 is 0 Å². The first-order valence-corrected chi connectivity index (χ1v) is 8.45. The molecule has 1 fully saturated rings. The Hall–Kier alpha value is -2.13. The molecule has 3 heteroatoms. The fraction of sp³-hybridized carbons (Fsp3) is 0.350. The second-order valence-electron chi connectivity index (χ2n) is 6.11. The molecule has 120 valence electrons. The van der Waals surface area contributed by atoms with Gasteiger partial charge in [0.15, 0.2) is 0 Å². The van der Waals surface area contributed by atoms with Gasteiger partial charge in [-0.3, -0.25) is 4.79 Å². The van der Waals surface area contributed by atoms with Crippen molar-refractivity contribution in [3.8, 4) is 0 Å². The molecule has 0 aliphatic carbocycles. The number of para-hydroxylation sites is 1. The Morgan fingerprint density at radius 3 is 2.39 bits per heavy atom. The monoisotopic (exact) mass is 308 g/mol. The van der Waals surface area contributed by atoms with Crippen molar-refractivity contribution in [1.82, 2.24) is 5.32 Å². The van der Waals surface area contributed by atoms with Crippen molar-refractivity contribution in [2.24, 2.45) is 0 Å². The van der Waals surface area contributed by atoms with E-state index in [1.54, 1.807) is 0 Å². The van der Waals surface area contributed by atoms with Crippen LogP contribution >= 0.6 is 0 Å². The van der Waals surface area contributed by atoms with Gasteiger partial charge in [-0.15, -0.1) is 0 Å². The predicted molar refractivity (Wildman–Crippen MR) is 94.6 cm³/mol. The van der Waals surface area contributed by atoms with Gasteiger partial charge in [-0.1, -0.05) is 48.5 Å². The maximum atomic E-state index is 12.8. The van der Waals surface area contributed by atoms with Crippen molar-refractivity contribution in [3.63, 3.8) is 0 Å². The van der Waals surface area contributed by atoms with Gasteiger partial charge in [0.2, 0.25) is 5.91 Å². The zero-order valence-electron chi connectivity index (χ0n) is 13.4. The predicted octanol–water partition coefficient (Wildman–Crippen LogP) is 3.40. The fourth-order valence-corrected chi connectivity index (χ4v) is 3.14. The molecule has 1 N–H and O–H groups in total. The molecule has 23 heavy (non-hydrogen) atoms. The molecule has 0 spiro atoms. The standard InChI is InChI=1S/C20H24N2O/c23-20(16-18-10-7-14-21-18)22(19-11-5-2-6-12-19)15-13-17-8-3-1-4-9-17/h1-6,8-9,11-12,18,21H,7,10,13-16H2. The van der Waals surface area contributed by atoms with E-state index < -0.39 is 0 Å². The van der Waals surface area contributed by atoms with Crippen LogP contribution in [0, 0.1) is 0 Å². The number of hydrogen-bond acceptors (Lipinski definition) is 2. The highest BCUT2D eigenvalue weighted by Crippen LogP contribution is 2.18. The number of carbonyl (C=O) groups is 1. The Morgan fingerprint density at radius 2 is 1.74 bits per heavy atom. The van der Waals surface area contributed by atoms with Crippen LogP contribution in [0.5, 0.6) is 0 Å². The second-order valence-corrected chi connectivity index (χ2v) is 6.11. The molecule has 1 amide bonds. The molecule has 1 saturated heterocycles. The first-order valence-electron chi connectivity index (χ1n) is 8.45. The number of nitrogens with zero attached hydrogens (tertiary/aromatic N) is 1. The number of benzene rings is 2. The lowest BCUT2D eigenvalue weighted by Crippen LogP contribution is -2.37. The molecule has 1 aliphatic rings. The summed E-state index contributed by atoms with van der Waals surface area (Å²) in [6, 6.07) is 20.7. The summed E-state index contributed by atoms with van der Waals surface area (Å²) in [5, 5.41) is 3.42. The Morgan fingerprint density at radius 1 is 1.04 bits per heavy atom. The largest absolute Gasteiger partial charge is 0.313 e. The smallest absolute Gasteiger partial charge is 0.228 e. The second kappa shape index (κ2) is 7.93. The van der Waals surface area contributed by atoms with Crippen LogP contribution < -0.4 is 10.2 Å². The first-order chi connectivity index (χ1) is 11.3. The summed E-state index contributed by atoms with van der Waals surface area (Å²) >= 11 is 0. The van der Waals surface area contributed by atoms with Gasteiger partial charge in [0.1, 0.15) is 0 Å². The van der Waals surface area contributed by atoms with Crippen LogP contribution in [0.4, 0.5) is 5.69 Å². The molecule has 3 rings (SSSR count). The van der Waals surface area contributed by atoms with Crippen LogP contribution in [0.3, 0.4) is 0 Å². The van der Waals surface area contributed by atoms with Crippen molar-refractivity contribution in [3.05, 3.63) is 66.2 Å². The van der Waals surface area contributed by atoms with Crippen LogP contribution in [0.2, 0.25) is 0 Å². The number of anilines is 1. The molecule has 0 bridgehead atoms. The van der Waals surface area contributed by atoms with Crippen LogP contribution in [0.1, 0.15) is 24.8 Å². The fourth-order valence-electron chi connectivity index (χ4n) is 3.14.